The highest BCUT2D eigenvalue weighted by Crippen LogP contribution is 2.45. The van der Waals surface area contributed by atoms with Crippen LogP contribution in [0.15, 0.2) is 24.8 Å². The van der Waals surface area contributed by atoms with Gasteiger partial charge in [0.1, 0.15) is 0 Å². The highest BCUT2D eigenvalue weighted by molar-refractivity contribution is 5.09. The highest BCUT2D eigenvalue weighted by atomic mass is 14.4. The van der Waals surface area contributed by atoms with E-state index >= 15 is 0 Å². The van der Waals surface area contributed by atoms with Gasteiger partial charge in [0.15, 0.2) is 0 Å². The summed E-state index contributed by atoms with van der Waals surface area (Å²) in [4.78, 5) is 0. The fourth-order valence-corrected chi connectivity index (χ4v) is 3.13. The lowest BCUT2D eigenvalue weighted by Gasteiger charge is -2.19. The van der Waals surface area contributed by atoms with Gasteiger partial charge >= 0.3 is 0 Å². The molecule has 0 aliphatic heterocycles. The lowest BCUT2D eigenvalue weighted by Crippen LogP contribution is -2.08. The third-order valence-electron chi connectivity index (χ3n) is 4.02. The van der Waals surface area contributed by atoms with Crippen LogP contribution < -0.4 is 0 Å². The summed E-state index contributed by atoms with van der Waals surface area (Å²) >= 11 is 0. The van der Waals surface area contributed by atoms with Crippen molar-refractivity contribution in [3.63, 3.8) is 0 Å². The maximum atomic E-state index is 3.81. The topological polar surface area (TPSA) is 0 Å². The van der Waals surface area contributed by atoms with Gasteiger partial charge in [-0.3, -0.25) is 0 Å². The minimum atomic E-state index is 0.843. The largest absolute Gasteiger partial charge is 0.103 e. The molecule has 4 unspecified atom stereocenters. The summed E-state index contributed by atoms with van der Waals surface area (Å²) in [7, 11) is 0. The van der Waals surface area contributed by atoms with Crippen LogP contribution in [0.3, 0.4) is 0 Å². The molecule has 0 amide bonds. The Hall–Kier alpha value is -0.520. The molecule has 4 atom stereocenters. The van der Waals surface area contributed by atoms with Crippen LogP contribution in [0.5, 0.6) is 0 Å². The molecule has 0 heterocycles. The molecule has 2 bridgehead atoms. The van der Waals surface area contributed by atoms with E-state index in [1.165, 1.54) is 32.1 Å². The summed E-state index contributed by atoms with van der Waals surface area (Å²) in [5.41, 5.74) is 0. The van der Waals surface area contributed by atoms with Crippen LogP contribution in [0.1, 0.15) is 39.0 Å². The van der Waals surface area contributed by atoms with E-state index in [4.69, 9.17) is 0 Å². The van der Waals surface area contributed by atoms with Gasteiger partial charge in [-0.15, -0.1) is 6.58 Å². The summed E-state index contributed by atoms with van der Waals surface area (Å²) in [5.74, 6) is 3.74. The van der Waals surface area contributed by atoms with E-state index in [0.29, 0.717) is 0 Å². The maximum Gasteiger partial charge on any atom is -0.0199 e. The van der Waals surface area contributed by atoms with E-state index in [0.717, 1.165) is 23.7 Å². The average Bonchev–Trinajstić information content (AvgIpc) is 2.76. The normalized spacial score (nSPS) is 36.2. The molecule has 0 aromatic carbocycles. The fourth-order valence-electron chi connectivity index (χ4n) is 3.13. The summed E-state index contributed by atoms with van der Waals surface area (Å²) in [5, 5.41) is 0. The van der Waals surface area contributed by atoms with Crippen molar-refractivity contribution >= 4 is 0 Å². The predicted octanol–water partition coefficient (Wildman–Crippen LogP) is 4.19. The lowest BCUT2D eigenvalue weighted by molar-refractivity contribution is 0.366. The Kier molecular flexibility index (Phi) is 3.10. The second-order valence-electron chi connectivity index (χ2n) is 5.25. The first kappa shape index (κ1) is 10.0. The molecule has 1 saturated carbocycles. The van der Waals surface area contributed by atoms with E-state index in [1.807, 2.05) is 0 Å². The zero-order valence-corrected chi connectivity index (χ0v) is 9.28. The minimum absolute atomic E-state index is 0.843. The molecule has 0 radical (unpaired) electrons. The molecule has 0 aromatic heterocycles. The van der Waals surface area contributed by atoms with Crippen LogP contribution in [0.2, 0.25) is 0 Å². The van der Waals surface area contributed by atoms with Crippen LogP contribution >= 0.6 is 0 Å². The van der Waals surface area contributed by atoms with Gasteiger partial charge in [-0.05, 0) is 49.4 Å². The Morgan fingerprint density at radius 2 is 2.29 bits per heavy atom. The molecule has 0 saturated heterocycles. The van der Waals surface area contributed by atoms with Crippen molar-refractivity contribution in [3.8, 4) is 0 Å². The molecule has 2 rings (SSSR count). The van der Waals surface area contributed by atoms with Crippen LogP contribution in [0.25, 0.3) is 0 Å². The summed E-state index contributed by atoms with van der Waals surface area (Å²) in [6, 6.07) is 0. The lowest BCUT2D eigenvalue weighted by atomic mass is 9.86. The van der Waals surface area contributed by atoms with Crippen molar-refractivity contribution in [1.82, 2.24) is 0 Å². The second kappa shape index (κ2) is 4.33. The maximum absolute atomic E-state index is 3.81. The van der Waals surface area contributed by atoms with E-state index in [-0.39, 0.29) is 0 Å². The molecular formula is C14H22. The molecule has 0 spiro atoms. The Morgan fingerprint density at radius 1 is 1.43 bits per heavy atom. The van der Waals surface area contributed by atoms with Gasteiger partial charge in [0.05, 0.1) is 0 Å². The fraction of sp³-hybridized carbons (Fsp3) is 0.714. The van der Waals surface area contributed by atoms with Crippen molar-refractivity contribution in [1.29, 1.82) is 0 Å². The van der Waals surface area contributed by atoms with Gasteiger partial charge in [-0.2, -0.15) is 0 Å². The molecule has 14 heavy (non-hydrogen) atoms. The summed E-state index contributed by atoms with van der Waals surface area (Å²) in [6.45, 7) is 6.16. The summed E-state index contributed by atoms with van der Waals surface area (Å²) in [6.07, 6.45) is 13.9. The SMILES string of the molecule is C=CCC(C)CCC1CC2C=CC1C2. The third kappa shape index (κ3) is 2.10. The molecule has 0 aromatic rings. The quantitative estimate of drug-likeness (QED) is 0.570. The highest BCUT2D eigenvalue weighted by Gasteiger charge is 2.34. The van der Waals surface area contributed by atoms with Crippen molar-refractivity contribution in [2.24, 2.45) is 23.7 Å². The summed E-state index contributed by atoms with van der Waals surface area (Å²) < 4.78 is 0. The van der Waals surface area contributed by atoms with Gasteiger partial charge < -0.3 is 0 Å². The first-order valence-electron chi connectivity index (χ1n) is 6.08. The predicted molar refractivity (Wildman–Crippen MR) is 62.1 cm³/mol. The Balaban J connectivity index is 1.71. The van der Waals surface area contributed by atoms with Gasteiger partial charge in [-0.25, -0.2) is 0 Å². The van der Waals surface area contributed by atoms with Crippen LogP contribution in [0, 0.1) is 23.7 Å². The van der Waals surface area contributed by atoms with E-state index in [2.05, 4.69) is 31.7 Å². The molecule has 0 heteroatoms. The molecule has 2 aliphatic carbocycles. The van der Waals surface area contributed by atoms with Crippen molar-refractivity contribution in [2.75, 3.05) is 0 Å². The number of allylic oxidation sites excluding steroid dienone is 3. The molecule has 78 valence electrons. The first-order chi connectivity index (χ1) is 6.79. The average molecular weight is 190 g/mol. The number of rotatable bonds is 5. The van der Waals surface area contributed by atoms with Gasteiger partial charge in [0.25, 0.3) is 0 Å². The van der Waals surface area contributed by atoms with Crippen molar-refractivity contribution in [2.45, 2.75) is 39.0 Å². The van der Waals surface area contributed by atoms with E-state index < -0.39 is 0 Å². The second-order valence-corrected chi connectivity index (χ2v) is 5.25. The number of hydrogen-bond acceptors (Lipinski definition) is 0. The van der Waals surface area contributed by atoms with E-state index in [9.17, 15) is 0 Å². The Morgan fingerprint density at radius 3 is 2.86 bits per heavy atom. The minimum Gasteiger partial charge on any atom is -0.103 e. The monoisotopic (exact) mass is 190 g/mol. The smallest absolute Gasteiger partial charge is 0.0199 e. The molecule has 0 nitrogen and oxygen atoms in total. The first-order valence-corrected chi connectivity index (χ1v) is 6.08. The zero-order chi connectivity index (χ0) is 9.97. The molecule has 2 aliphatic rings. The molecular weight excluding hydrogens is 168 g/mol. The van der Waals surface area contributed by atoms with Crippen molar-refractivity contribution in [3.05, 3.63) is 24.8 Å². The van der Waals surface area contributed by atoms with Gasteiger partial charge in [0.2, 0.25) is 0 Å². The van der Waals surface area contributed by atoms with Crippen LogP contribution in [-0.4, -0.2) is 0 Å². The van der Waals surface area contributed by atoms with E-state index in [1.54, 1.807) is 0 Å². The third-order valence-corrected chi connectivity index (χ3v) is 4.02. The zero-order valence-electron chi connectivity index (χ0n) is 9.28. The van der Waals surface area contributed by atoms with Crippen LogP contribution in [-0.2, 0) is 0 Å². The standard InChI is InChI=1S/C14H22/c1-3-4-11(2)5-7-13-9-12-6-8-14(13)10-12/h3,6,8,11-14H,1,4-5,7,9-10H2,2H3. The Labute approximate surface area is 88.1 Å². The van der Waals surface area contributed by atoms with Gasteiger partial charge in [0, 0.05) is 0 Å². The van der Waals surface area contributed by atoms with Crippen LogP contribution in [0.4, 0.5) is 0 Å². The Bertz CT molecular complexity index is 226. The number of fused-ring (bicyclic) bond motifs is 2. The molecule has 0 N–H and O–H groups in total. The number of hydrogen-bond donors (Lipinski definition) is 0. The molecule has 1 fully saturated rings. The van der Waals surface area contributed by atoms with Crippen molar-refractivity contribution < 1.29 is 0 Å². The van der Waals surface area contributed by atoms with Gasteiger partial charge in [-0.1, -0.05) is 31.6 Å².